The first-order valence-corrected chi connectivity index (χ1v) is 28.5. The SMILES string of the molecule is O=C(c1c(O)c2ccc3c4ccccc4sc3c2oc1=O)C(F)(F)C(F)(F)C(F)(F)F.O=P(c1ccccc1)(c1ccccc1)c1ccc2ccccc2c1.O=P(c1ccccc1)(c1ccccc1)c1ccc2ccccc2c1.[Eu]. The molecule has 0 bridgehead atoms. The van der Waals surface area contributed by atoms with Crippen LogP contribution in [0.25, 0.3) is 52.7 Å². The van der Waals surface area contributed by atoms with Gasteiger partial charge in [-0.3, -0.25) is 4.79 Å². The van der Waals surface area contributed by atoms with Crippen LogP contribution < -0.4 is 37.5 Å². The van der Waals surface area contributed by atoms with Crippen LogP contribution in [-0.4, -0.2) is 28.9 Å². The van der Waals surface area contributed by atoms with Crippen molar-refractivity contribution in [2.24, 2.45) is 0 Å². The molecule has 12 aromatic rings. The van der Waals surface area contributed by atoms with Crippen LogP contribution in [0.4, 0.5) is 30.7 Å². The molecule has 0 aliphatic rings. The van der Waals surface area contributed by atoms with Gasteiger partial charge in [-0.2, -0.15) is 30.7 Å². The van der Waals surface area contributed by atoms with E-state index in [1.807, 2.05) is 158 Å². The summed E-state index contributed by atoms with van der Waals surface area (Å²) in [5, 5.41) is 20.8. The summed E-state index contributed by atoms with van der Waals surface area (Å²) in [4.78, 5) is 24.1. The first kappa shape index (κ1) is 57.8. The van der Waals surface area contributed by atoms with E-state index in [0.717, 1.165) is 80.9 Å². The van der Waals surface area contributed by atoms with Crippen LogP contribution in [0.2, 0.25) is 0 Å². The number of carbonyl (C=O) groups is 1. The van der Waals surface area contributed by atoms with Gasteiger partial charge in [0.1, 0.15) is 5.75 Å². The Morgan fingerprint density at radius 3 is 1.24 bits per heavy atom. The minimum atomic E-state index is -6.79. The number of aromatic hydroxyl groups is 1. The molecule has 0 saturated heterocycles. The molecule has 80 heavy (non-hydrogen) atoms. The van der Waals surface area contributed by atoms with E-state index in [2.05, 4.69) is 48.5 Å². The van der Waals surface area contributed by atoms with Gasteiger partial charge in [-0.25, -0.2) is 4.79 Å². The number of carbonyl (C=O) groups excluding carboxylic acids is 1. The maximum Gasteiger partial charge on any atom is 0.460 e. The fourth-order valence-corrected chi connectivity index (χ4v) is 15.9. The predicted octanol–water partition coefficient (Wildman–Crippen LogP) is 14.8. The van der Waals surface area contributed by atoms with E-state index < -0.39 is 60.4 Å². The number of thiophene rings is 1. The van der Waals surface area contributed by atoms with E-state index in [1.54, 1.807) is 24.3 Å². The van der Waals surface area contributed by atoms with Gasteiger partial charge in [0.05, 0.1) is 10.1 Å². The zero-order valence-electron chi connectivity index (χ0n) is 41.4. The number of rotatable bonds is 9. The Labute approximate surface area is 497 Å². The third-order valence-corrected chi connectivity index (χ3v) is 20.6. The number of Topliss-reactive ketones (excluding diaryl/α,β-unsaturated/α-hetero) is 1. The summed E-state index contributed by atoms with van der Waals surface area (Å²) in [5.41, 5.74) is -4.30. The van der Waals surface area contributed by atoms with Crippen molar-refractivity contribution in [2.75, 3.05) is 0 Å². The van der Waals surface area contributed by atoms with Gasteiger partial charge in [-0.1, -0.05) is 218 Å². The van der Waals surface area contributed by atoms with Gasteiger partial charge in [0.25, 0.3) is 0 Å². The van der Waals surface area contributed by atoms with Crippen LogP contribution >= 0.6 is 25.6 Å². The molecule has 0 unspecified atom stereocenters. The number of hydrogen-bond acceptors (Lipinski definition) is 7. The maximum atomic E-state index is 14.3. The molecule has 0 amide bonds. The molecule has 10 aromatic carbocycles. The number of alkyl halides is 7. The van der Waals surface area contributed by atoms with Crippen LogP contribution in [0.15, 0.2) is 252 Å². The average molecular weight is 1270 g/mol. The number of ketones is 1. The number of hydrogen-bond donors (Lipinski definition) is 1. The second-order valence-electron chi connectivity index (χ2n) is 18.1. The van der Waals surface area contributed by atoms with E-state index in [-0.39, 0.29) is 59.7 Å². The van der Waals surface area contributed by atoms with Gasteiger partial charge < -0.3 is 18.7 Å². The molecule has 0 aliphatic carbocycles. The van der Waals surface area contributed by atoms with Crippen LogP contribution in [-0.2, 0) is 9.13 Å². The number of benzene rings is 10. The molecule has 1 N–H and O–H groups in total. The molecule has 0 fully saturated rings. The third kappa shape index (κ3) is 10.7. The average Bonchev–Trinajstić information content (AvgIpc) is 3.94. The zero-order chi connectivity index (χ0) is 55.7. The van der Waals surface area contributed by atoms with E-state index in [1.165, 1.54) is 6.07 Å². The van der Waals surface area contributed by atoms with Gasteiger partial charge in [0.2, 0.25) is 5.78 Å². The van der Waals surface area contributed by atoms with Crippen molar-refractivity contribution in [1.29, 1.82) is 0 Å². The van der Waals surface area contributed by atoms with Crippen LogP contribution in [0.3, 0.4) is 0 Å². The van der Waals surface area contributed by atoms with E-state index in [0.29, 0.717) is 5.39 Å². The molecule has 0 spiro atoms. The summed E-state index contributed by atoms with van der Waals surface area (Å²) < 4.78 is 126. The molecule has 12 rings (SSSR count). The standard InChI is InChI=1S/2C22H17OP.C19H7F7O4S.Eu/c2*23-24(20-11-3-1-4-12-20,21-13-5-2-6-14-21)22-16-15-18-9-7-8-10-19(18)17-22;20-17(21,18(22,23)19(24,25)26)15(28)11-12(27)9-6-5-8-7-3-1-2-4-10(7)31-14(8)13(9)30-16(11)29;/h2*1-17H;1-6,27H;. The molecule has 0 aliphatic heterocycles. The third-order valence-electron chi connectivity index (χ3n) is 13.3. The van der Waals surface area contributed by atoms with Gasteiger partial charge in [0, 0.05) is 96.7 Å². The molecular weight excluding hydrogens is 1230 g/mol. The molecule has 6 nitrogen and oxygen atoms in total. The van der Waals surface area contributed by atoms with Crippen molar-refractivity contribution in [3.63, 3.8) is 0 Å². The maximum absolute atomic E-state index is 14.3. The monoisotopic (exact) mass is 1270 g/mol. The molecular formula is C63H41EuF7O6P2S. The minimum Gasteiger partial charge on any atom is -0.506 e. The summed E-state index contributed by atoms with van der Waals surface area (Å²) in [6.45, 7) is 0. The van der Waals surface area contributed by atoms with Gasteiger partial charge in [-0.15, -0.1) is 11.3 Å². The normalized spacial score (nSPS) is 12.1. The predicted molar refractivity (Wildman–Crippen MR) is 304 cm³/mol. The van der Waals surface area contributed by atoms with E-state index in [4.69, 9.17) is 4.42 Å². The first-order chi connectivity index (χ1) is 37.9. The van der Waals surface area contributed by atoms with Crippen molar-refractivity contribution in [2.45, 2.75) is 18.0 Å². The Balaban J connectivity index is 0.000000146. The summed E-state index contributed by atoms with van der Waals surface area (Å²) in [6.07, 6.45) is -6.79. The summed E-state index contributed by atoms with van der Waals surface area (Å²) in [7, 11) is -5.76. The van der Waals surface area contributed by atoms with Crippen LogP contribution in [0, 0.1) is 49.4 Å². The van der Waals surface area contributed by atoms with Crippen molar-refractivity contribution >= 4 is 116 Å². The Morgan fingerprint density at radius 1 is 0.438 bits per heavy atom. The Kier molecular flexibility index (Phi) is 16.9. The molecule has 0 saturated carbocycles. The van der Waals surface area contributed by atoms with E-state index in [9.17, 15) is 54.6 Å². The Bertz CT molecular complexity index is 4130. The topological polar surface area (TPSA) is 102 Å². The molecule has 2 heterocycles. The quantitative estimate of drug-likeness (QED) is 0.0669. The van der Waals surface area contributed by atoms with Crippen LogP contribution in [0.5, 0.6) is 5.75 Å². The van der Waals surface area contributed by atoms with Gasteiger partial charge in [0.15, 0.2) is 25.4 Å². The van der Waals surface area contributed by atoms with Gasteiger partial charge >= 0.3 is 23.6 Å². The van der Waals surface area contributed by atoms with Crippen molar-refractivity contribution < 1.29 is 104 Å². The molecule has 2 aromatic heterocycles. The van der Waals surface area contributed by atoms with E-state index >= 15 is 0 Å². The fraction of sp³-hybridized carbons (Fsp3) is 0.0476. The fourth-order valence-electron chi connectivity index (χ4n) is 9.30. The molecule has 1 radical (unpaired) electrons. The smallest absolute Gasteiger partial charge is 0.460 e. The summed E-state index contributed by atoms with van der Waals surface area (Å²) >= 11 is 1.09. The second kappa shape index (κ2) is 23.3. The molecule has 401 valence electrons. The van der Waals surface area contributed by atoms with Crippen molar-refractivity contribution in [1.82, 2.24) is 0 Å². The van der Waals surface area contributed by atoms with Gasteiger partial charge in [-0.05, 0) is 45.8 Å². The zero-order valence-corrected chi connectivity index (χ0v) is 46.4. The second-order valence-corrected chi connectivity index (χ2v) is 24.7. The Morgan fingerprint density at radius 2 is 0.812 bits per heavy atom. The van der Waals surface area contributed by atoms with Crippen molar-refractivity contribution in [3.8, 4) is 5.75 Å². The first-order valence-electron chi connectivity index (χ1n) is 24.2. The largest absolute Gasteiger partial charge is 0.506 e. The van der Waals surface area contributed by atoms with Crippen molar-refractivity contribution in [3.05, 3.63) is 259 Å². The summed E-state index contributed by atoms with van der Waals surface area (Å²) in [6, 6.07) is 77.1. The summed E-state index contributed by atoms with van der Waals surface area (Å²) in [5.74, 6) is -17.8. The molecule has 17 heteroatoms. The number of halogens is 7. The van der Waals surface area contributed by atoms with Crippen LogP contribution in [0.1, 0.15) is 10.4 Å². The Hall–Kier alpha value is -6.83. The molecule has 0 atom stereocenters. The number of fused-ring (bicyclic) bond motifs is 7. The minimum absolute atomic E-state index is 0.